The van der Waals surface area contributed by atoms with Gasteiger partial charge in [0.1, 0.15) is 0 Å². The van der Waals surface area contributed by atoms with Crippen molar-refractivity contribution in [1.82, 2.24) is 0 Å². The van der Waals surface area contributed by atoms with Gasteiger partial charge < -0.3 is 9.84 Å². The largest absolute Gasteiger partial charge is 0.392 e. The van der Waals surface area contributed by atoms with Gasteiger partial charge in [0.15, 0.2) is 0 Å². The Morgan fingerprint density at radius 3 is 2.25 bits per heavy atom. The normalized spacial score (nSPS) is 17.2. The summed E-state index contributed by atoms with van der Waals surface area (Å²) in [5.74, 6) is 0.871. The monoisotopic (exact) mass is 172 g/mol. The van der Waals surface area contributed by atoms with Crippen molar-refractivity contribution in [2.45, 2.75) is 26.9 Å². The van der Waals surface area contributed by atoms with Gasteiger partial charge in [-0.15, -0.1) is 0 Å². The molecule has 0 saturated carbocycles. The van der Waals surface area contributed by atoms with Crippen molar-refractivity contribution in [3.8, 4) is 0 Å². The smallest absolute Gasteiger partial charge is 0.0654 e. The molecule has 0 amide bonds. The Morgan fingerprint density at radius 2 is 1.92 bits per heavy atom. The topological polar surface area (TPSA) is 29.5 Å². The van der Waals surface area contributed by atoms with Crippen molar-refractivity contribution < 1.29 is 9.84 Å². The van der Waals surface area contributed by atoms with E-state index in [4.69, 9.17) is 9.84 Å². The molecule has 0 aliphatic carbocycles. The summed E-state index contributed by atoms with van der Waals surface area (Å²) < 4.78 is 5.34. The minimum atomic E-state index is 0.110. The molecular formula is C10H20O2. The first kappa shape index (κ1) is 11.7. The van der Waals surface area contributed by atoms with Crippen LogP contribution in [0.15, 0.2) is 12.2 Å². The summed E-state index contributed by atoms with van der Waals surface area (Å²) >= 11 is 0. The van der Waals surface area contributed by atoms with Crippen LogP contribution >= 0.6 is 0 Å². The van der Waals surface area contributed by atoms with E-state index in [2.05, 4.69) is 20.8 Å². The van der Waals surface area contributed by atoms with E-state index in [1.54, 1.807) is 13.2 Å². The maximum atomic E-state index is 8.58. The van der Waals surface area contributed by atoms with Crippen LogP contribution < -0.4 is 0 Å². The summed E-state index contributed by atoms with van der Waals surface area (Å²) in [6, 6.07) is 0. The van der Waals surface area contributed by atoms with Crippen LogP contribution in [0.2, 0.25) is 0 Å². The van der Waals surface area contributed by atoms with Crippen LogP contribution in [-0.2, 0) is 4.74 Å². The fraction of sp³-hybridized carbons (Fsp3) is 0.800. The summed E-state index contributed by atoms with van der Waals surface area (Å²) in [5, 5.41) is 8.58. The number of hydrogen-bond donors (Lipinski definition) is 1. The van der Waals surface area contributed by atoms with Crippen molar-refractivity contribution in [2.24, 2.45) is 11.8 Å². The molecule has 0 aromatic carbocycles. The Hall–Kier alpha value is -0.340. The maximum absolute atomic E-state index is 8.58. The van der Waals surface area contributed by atoms with Crippen LogP contribution in [0.4, 0.5) is 0 Å². The highest BCUT2D eigenvalue weighted by molar-refractivity contribution is 4.90. The Bertz CT molecular complexity index is 130. The average Bonchev–Trinajstić information content (AvgIpc) is 2.01. The van der Waals surface area contributed by atoms with Crippen molar-refractivity contribution in [3.63, 3.8) is 0 Å². The molecule has 0 aromatic rings. The molecule has 0 heterocycles. The predicted molar refractivity (Wildman–Crippen MR) is 51.0 cm³/mol. The van der Waals surface area contributed by atoms with Crippen LogP contribution in [0.25, 0.3) is 0 Å². The van der Waals surface area contributed by atoms with E-state index in [0.29, 0.717) is 11.8 Å². The molecule has 0 aromatic heterocycles. The molecule has 72 valence electrons. The minimum absolute atomic E-state index is 0.110. The third-order valence-electron chi connectivity index (χ3n) is 1.99. The van der Waals surface area contributed by atoms with Gasteiger partial charge >= 0.3 is 0 Å². The van der Waals surface area contributed by atoms with E-state index < -0.39 is 0 Å². The second-order valence-electron chi connectivity index (χ2n) is 3.41. The molecule has 2 heteroatoms. The lowest BCUT2D eigenvalue weighted by Crippen LogP contribution is -2.24. The molecule has 2 atom stereocenters. The van der Waals surface area contributed by atoms with E-state index in [1.807, 2.05) is 6.08 Å². The zero-order valence-corrected chi connectivity index (χ0v) is 8.45. The maximum Gasteiger partial charge on any atom is 0.0654 e. The van der Waals surface area contributed by atoms with Gasteiger partial charge in [-0.1, -0.05) is 32.9 Å². The van der Waals surface area contributed by atoms with Crippen molar-refractivity contribution in [1.29, 1.82) is 0 Å². The Morgan fingerprint density at radius 1 is 1.33 bits per heavy atom. The van der Waals surface area contributed by atoms with E-state index in [9.17, 15) is 0 Å². The van der Waals surface area contributed by atoms with Crippen molar-refractivity contribution in [2.75, 3.05) is 13.7 Å². The molecule has 0 bridgehead atoms. The molecule has 2 nitrogen and oxygen atoms in total. The highest BCUT2D eigenvalue weighted by atomic mass is 16.5. The van der Waals surface area contributed by atoms with Crippen LogP contribution in [0, 0.1) is 11.8 Å². The molecule has 0 rings (SSSR count). The SMILES string of the molecule is COC(C(C)C)C(C)/C=C/CO. The second-order valence-corrected chi connectivity index (χ2v) is 3.41. The van der Waals surface area contributed by atoms with Gasteiger partial charge in [-0.25, -0.2) is 0 Å². The van der Waals surface area contributed by atoms with Gasteiger partial charge in [-0.05, 0) is 5.92 Å². The molecule has 0 fully saturated rings. The average molecular weight is 172 g/mol. The highest BCUT2D eigenvalue weighted by Gasteiger charge is 2.17. The fourth-order valence-electron chi connectivity index (χ4n) is 1.48. The first-order valence-electron chi connectivity index (χ1n) is 4.43. The number of aliphatic hydroxyl groups excluding tert-OH is 1. The molecule has 1 N–H and O–H groups in total. The van der Waals surface area contributed by atoms with Crippen molar-refractivity contribution in [3.05, 3.63) is 12.2 Å². The van der Waals surface area contributed by atoms with Crippen LogP contribution in [0.5, 0.6) is 0 Å². The zero-order chi connectivity index (χ0) is 9.56. The molecule has 0 aliphatic heterocycles. The summed E-state index contributed by atoms with van der Waals surface area (Å²) in [4.78, 5) is 0. The number of aliphatic hydroxyl groups is 1. The van der Waals surface area contributed by atoms with Gasteiger partial charge in [0, 0.05) is 13.0 Å². The summed E-state index contributed by atoms with van der Waals surface area (Å²) in [7, 11) is 1.73. The number of rotatable bonds is 5. The third kappa shape index (κ3) is 3.88. The fourth-order valence-corrected chi connectivity index (χ4v) is 1.48. The number of methoxy groups -OCH3 is 1. The molecule has 0 spiro atoms. The lowest BCUT2D eigenvalue weighted by atomic mass is 9.94. The molecule has 12 heavy (non-hydrogen) atoms. The van der Waals surface area contributed by atoms with E-state index in [-0.39, 0.29) is 12.7 Å². The van der Waals surface area contributed by atoms with Gasteiger partial charge in [0.05, 0.1) is 12.7 Å². The number of hydrogen-bond acceptors (Lipinski definition) is 2. The molecule has 2 unspecified atom stereocenters. The first-order valence-corrected chi connectivity index (χ1v) is 4.43. The van der Waals surface area contributed by atoms with Gasteiger partial charge in [0.2, 0.25) is 0 Å². The second kappa shape index (κ2) is 6.21. The Kier molecular flexibility index (Phi) is 6.03. The van der Waals surface area contributed by atoms with Crippen LogP contribution in [-0.4, -0.2) is 24.9 Å². The molecular weight excluding hydrogens is 152 g/mol. The summed E-state index contributed by atoms with van der Waals surface area (Å²) in [5.41, 5.74) is 0. The summed E-state index contributed by atoms with van der Waals surface area (Å²) in [6.45, 7) is 6.48. The Labute approximate surface area is 75.2 Å². The molecule has 0 aliphatic rings. The lowest BCUT2D eigenvalue weighted by molar-refractivity contribution is 0.0377. The lowest BCUT2D eigenvalue weighted by Gasteiger charge is -2.23. The Balaban J connectivity index is 4.02. The molecule has 0 radical (unpaired) electrons. The van der Waals surface area contributed by atoms with E-state index in [0.717, 1.165) is 0 Å². The predicted octanol–water partition coefficient (Wildman–Crippen LogP) is 1.84. The molecule has 0 saturated heterocycles. The van der Waals surface area contributed by atoms with Gasteiger partial charge in [0.25, 0.3) is 0 Å². The van der Waals surface area contributed by atoms with Gasteiger partial charge in [-0.3, -0.25) is 0 Å². The highest BCUT2D eigenvalue weighted by Crippen LogP contribution is 2.16. The van der Waals surface area contributed by atoms with E-state index >= 15 is 0 Å². The zero-order valence-electron chi connectivity index (χ0n) is 8.45. The van der Waals surface area contributed by atoms with E-state index in [1.165, 1.54) is 0 Å². The first-order chi connectivity index (χ1) is 5.63. The van der Waals surface area contributed by atoms with Crippen LogP contribution in [0.3, 0.4) is 0 Å². The quantitative estimate of drug-likeness (QED) is 0.641. The van der Waals surface area contributed by atoms with Crippen molar-refractivity contribution >= 4 is 0 Å². The third-order valence-corrected chi connectivity index (χ3v) is 1.99. The minimum Gasteiger partial charge on any atom is -0.392 e. The van der Waals surface area contributed by atoms with Gasteiger partial charge in [-0.2, -0.15) is 0 Å². The number of ether oxygens (including phenoxy) is 1. The summed E-state index contributed by atoms with van der Waals surface area (Å²) in [6.07, 6.45) is 4.00. The standard InChI is InChI=1S/C10H20O2/c1-8(2)10(12-4)9(3)6-5-7-11/h5-6,8-11H,7H2,1-4H3/b6-5+. The van der Waals surface area contributed by atoms with Crippen LogP contribution in [0.1, 0.15) is 20.8 Å².